The molecule has 1 amide bonds. The first-order chi connectivity index (χ1) is 12.4. The Kier molecular flexibility index (Phi) is 5.81. The molecule has 0 unspecified atom stereocenters. The fourth-order valence-electron chi connectivity index (χ4n) is 2.45. The number of amides is 1. The summed E-state index contributed by atoms with van der Waals surface area (Å²) in [5, 5.41) is 3.98. The van der Waals surface area contributed by atoms with Crippen LogP contribution in [-0.2, 0) is 13.1 Å². The molecule has 2 aromatic heterocycles. The van der Waals surface area contributed by atoms with E-state index in [2.05, 4.69) is 15.3 Å². The second kappa shape index (κ2) is 8.08. The number of carbonyl (C=O) groups is 1. The fourth-order valence-corrected chi connectivity index (χ4v) is 3.00. The first-order valence-corrected chi connectivity index (χ1v) is 8.92. The lowest BCUT2D eigenvalue weighted by Gasteiger charge is -2.09. The van der Waals surface area contributed by atoms with Gasteiger partial charge in [0, 0.05) is 25.5 Å². The third-order valence-corrected chi connectivity index (χ3v) is 4.73. The van der Waals surface area contributed by atoms with Crippen LogP contribution in [0.2, 0.25) is 15.2 Å². The number of carbonyl (C=O) groups excluding carboxylic acids is 1. The number of benzene rings is 1. The van der Waals surface area contributed by atoms with Gasteiger partial charge in [0.2, 0.25) is 0 Å². The van der Waals surface area contributed by atoms with E-state index in [1.165, 1.54) is 0 Å². The van der Waals surface area contributed by atoms with Crippen molar-refractivity contribution in [1.82, 2.24) is 19.9 Å². The van der Waals surface area contributed by atoms with Crippen LogP contribution < -0.4 is 5.32 Å². The van der Waals surface area contributed by atoms with E-state index in [0.29, 0.717) is 23.1 Å². The van der Waals surface area contributed by atoms with Crippen molar-refractivity contribution in [3.8, 4) is 0 Å². The molecule has 1 aromatic carbocycles. The molecule has 2 heterocycles. The molecule has 0 spiro atoms. The Hall–Kier alpha value is -2.08. The predicted octanol–water partition coefficient (Wildman–Crippen LogP) is 4.53. The van der Waals surface area contributed by atoms with Gasteiger partial charge in [-0.3, -0.25) is 4.79 Å². The minimum atomic E-state index is -0.317. The average molecular weight is 410 g/mol. The summed E-state index contributed by atoms with van der Waals surface area (Å²) >= 11 is 18.0. The summed E-state index contributed by atoms with van der Waals surface area (Å²) in [6, 6.07) is 8.65. The number of nitrogens with one attached hydrogen (secondary N) is 1. The first kappa shape index (κ1) is 18.7. The second-order valence-electron chi connectivity index (χ2n) is 5.72. The van der Waals surface area contributed by atoms with Gasteiger partial charge in [-0.15, -0.1) is 0 Å². The van der Waals surface area contributed by atoms with Crippen LogP contribution in [0.4, 0.5) is 0 Å². The van der Waals surface area contributed by atoms with E-state index in [-0.39, 0.29) is 16.8 Å². The molecule has 0 atom stereocenters. The summed E-state index contributed by atoms with van der Waals surface area (Å²) in [6.45, 7) is 2.77. The Labute approximate surface area is 165 Å². The predicted molar refractivity (Wildman–Crippen MR) is 103 cm³/mol. The maximum Gasteiger partial charge on any atom is 0.270 e. The van der Waals surface area contributed by atoms with Crippen molar-refractivity contribution >= 4 is 40.7 Å². The van der Waals surface area contributed by atoms with Gasteiger partial charge in [-0.25, -0.2) is 9.97 Å². The minimum Gasteiger partial charge on any atom is -0.347 e. The molecule has 26 heavy (non-hydrogen) atoms. The van der Waals surface area contributed by atoms with Crippen LogP contribution in [0.15, 0.2) is 42.7 Å². The monoisotopic (exact) mass is 408 g/mol. The van der Waals surface area contributed by atoms with Gasteiger partial charge in [-0.05, 0) is 42.3 Å². The summed E-state index contributed by atoms with van der Waals surface area (Å²) in [5.74, 6) is 0.561. The van der Waals surface area contributed by atoms with E-state index in [9.17, 15) is 4.79 Å². The van der Waals surface area contributed by atoms with Gasteiger partial charge in [0.05, 0.1) is 10.0 Å². The van der Waals surface area contributed by atoms with E-state index < -0.39 is 0 Å². The number of pyridine rings is 1. The topological polar surface area (TPSA) is 59.8 Å². The highest BCUT2D eigenvalue weighted by molar-refractivity contribution is 6.42. The molecule has 0 saturated heterocycles. The van der Waals surface area contributed by atoms with Gasteiger partial charge in [-0.2, -0.15) is 0 Å². The highest BCUT2D eigenvalue weighted by Crippen LogP contribution is 2.22. The molecule has 0 aliphatic carbocycles. The van der Waals surface area contributed by atoms with E-state index in [0.717, 1.165) is 17.0 Å². The zero-order chi connectivity index (χ0) is 18.7. The van der Waals surface area contributed by atoms with Crippen molar-refractivity contribution in [2.45, 2.75) is 20.0 Å². The Morgan fingerprint density at radius 1 is 1.12 bits per heavy atom. The smallest absolute Gasteiger partial charge is 0.270 e. The van der Waals surface area contributed by atoms with Gasteiger partial charge in [0.1, 0.15) is 16.7 Å². The van der Waals surface area contributed by atoms with Crippen LogP contribution in [0.25, 0.3) is 0 Å². The SMILES string of the molecule is Cc1nccn1Cc1cc(Cl)nc(C(=O)NCc2ccc(Cl)c(Cl)c2)c1. The first-order valence-electron chi connectivity index (χ1n) is 7.78. The van der Waals surface area contributed by atoms with Crippen molar-refractivity contribution in [2.24, 2.45) is 0 Å². The van der Waals surface area contributed by atoms with Crippen LogP contribution in [0.1, 0.15) is 27.4 Å². The molecule has 3 rings (SSSR count). The standard InChI is InChI=1S/C18H15Cl3N4O/c1-11-22-4-5-25(11)10-13-7-16(24-17(21)8-13)18(26)23-9-12-2-3-14(19)15(20)6-12/h2-8H,9-10H2,1H3,(H,23,26). The summed E-state index contributed by atoms with van der Waals surface area (Å²) in [5.41, 5.74) is 1.96. The number of aryl methyl sites for hydroxylation is 1. The third-order valence-electron chi connectivity index (χ3n) is 3.80. The number of hydrogen-bond acceptors (Lipinski definition) is 3. The number of nitrogens with zero attached hydrogens (tertiary/aromatic N) is 3. The van der Waals surface area contributed by atoms with Crippen molar-refractivity contribution in [3.05, 3.63) is 80.6 Å². The Morgan fingerprint density at radius 3 is 2.62 bits per heavy atom. The fraction of sp³-hybridized carbons (Fsp3) is 0.167. The summed E-state index contributed by atoms with van der Waals surface area (Å²) in [7, 11) is 0. The third kappa shape index (κ3) is 4.55. The number of rotatable bonds is 5. The Balaban J connectivity index is 1.72. The van der Waals surface area contributed by atoms with Crippen molar-refractivity contribution in [1.29, 1.82) is 0 Å². The molecule has 0 bridgehead atoms. The van der Waals surface area contributed by atoms with E-state index in [4.69, 9.17) is 34.8 Å². The number of hydrogen-bond donors (Lipinski definition) is 1. The van der Waals surface area contributed by atoms with Crippen molar-refractivity contribution in [3.63, 3.8) is 0 Å². The zero-order valence-corrected chi connectivity index (χ0v) is 16.1. The highest BCUT2D eigenvalue weighted by atomic mass is 35.5. The van der Waals surface area contributed by atoms with E-state index in [1.807, 2.05) is 17.7 Å². The summed E-state index contributed by atoms with van der Waals surface area (Å²) in [4.78, 5) is 20.7. The van der Waals surface area contributed by atoms with Crippen molar-refractivity contribution in [2.75, 3.05) is 0 Å². The second-order valence-corrected chi connectivity index (χ2v) is 6.92. The lowest BCUT2D eigenvalue weighted by molar-refractivity contribution is 0.0946. The number of aromatic nitrogens is 3. The largest absolute Gasteiger partial charge is 0.347 e. The van der Waals surface area contributed by atoms with Gasteiger partial charge in [0.15, 0.2) is 0 Å². The van der Waals surface area contributed by atoms with Gasteiger partial charge >= 0.3 is 0 Å². The highest BCUT2D eigenvalue weighted by Gasteiger charge is 2.11. The van der Waals surface area contributed by atoms with Crippen LogP contribution in [-0.4, -0.2) is 20.4 Å². The van der Waals surface area contributed by atoms with E-state index in [1.54, 1.807) is 36.5 Å². The van der Waals surface area contributed by atoms with Crippen LogP contribution in [0.5, 0.6) is 0 Å². The zero-order valence-electron chi connectivity index (χ0n) is 13.8. The molecular weight excluding hydrogens is 395 g/mol. The Bertz CT molecular complexity index is 955. The van der Waals surface area contributed by atoms with Crippen LogP contribution in [0, 0.1) is 6.92 Å². The van der Waals surface area contributed by atoms with Gasteiger partial charge in [-0.1, -0.05) is 40.9 Å². The molecule has 1 N–H and O–H groups in total. The average Bonchev–Trinajstić information content (AvgIpc) is 3.00. The Morgan fingerprint density at radius 2 is 1.92 bits per heavy atom. The van der Waals surface area contributed by atoms with Gasteiger partial charge in [0.25, 0.3) is 5.91 Å². The molecule has 0 aliphatic rings. The number of imidazole rings is 1. The maximum absolute atomic E-state index is 12.4. The summed E-state index contributed by atoms with van der Waals surface area (Å²) < 4.78 is 1.96. The maximum atomic E-state index is 12.4. The number of halogens is 3. The van der Waals surface area contributed by atoms with Crippen LogP contribution >= 0.6 is 34.8 Å². The van der Waals surface area contributed by atoms with E-state index >= 15 is 0 Å². The van der Waals surface area contributed by atoms with Crippen molar-refractivity contribution < 1.29 is 4.79 Å². The van der Waals surface area contributed by atoms with Crippen LogP contribution in [0.3, 0.4) is 0 Å². The normalized spacial score (nSPS) is 10.8. The molecule has 8 heteroatoms. The summed E-state index contributed by atoms with van der Waals surface area (Å²) in [6.07, 6.45) is 3.59. The molecule has 0 aliphatic heterocycles. The molecule has 3 aromatic rings. The molecule has 0 saturated carbocycles. The molecule has 134 valence electrons. The molecular formula is C18H15Cl3N4O. The molecule has 0 radical (unpaired) electrons. The quantitative estimate of drug-likeness (QED) is 0.630. The lowest BCUT2D eigenvalue weighted by atomic mass is 10.2. The molecule has 5 nitrogen and oxygen atoms in total. The minimum absolute atomic E-state index is 0.255. The molecule has 0 fully saturated rings. The lowest BCUT2D eigenvalue weighted by Crippen LogP contribution is -2.24. The van der Waals surface area contributed by atoms with Gasteiger partial charge < -0.3 is 9.88 Å².